The SMILES string of the molecule is CC/C=C\C/C=C\C/C=C\C/C=C\CCC(=O)NC(COC1OC(CO)C(OC2OC(CO)C(O)C(O)C2O)C(O)C1O)C(O)/C=C/CC/C=C/CCCCCCCCCCCCCCCCCCCCCCCCCCCC. The Hall–Kier alpha value is -2.57. The number of rotatable bonds is 50. The lowest BCUT2D eigenvalue weighted by atomic mass is 9.97. The van der Waals surface area contributed by atoms with Crippen LogP contribution in [0, 0.1) is 0 Å². The number of amides is 1. The number of carbonyl (C=O) groups is 1. The maximum absolute atomic E-state index is 13.2. The van der Waals surface area contributed by atoms with Crippen LogP contribution in [0.2, 0.25) is 0 Å². The molecule has 9 N–H and O–H groups in total. The minimum absolute atomic E-state index is 0.149. The molecule has 0 bridgehead atoms. The fourth-order valence-electron chi connectivity index (χ4n) is 10.1. The Bertz CT molecular complexity index is 1600. The smallest absolute Gasteiger partial charge is 0.220 e. The molecule has 2 rings (SSSR count). The van der Waals surface area contributed by atoms with Gasteiger partial charge in [0.1, 0.15) is 48.8 Å². The van der Waals surface area contributed by atoms with E-state index in [9.17, 15) is 45.6 Å². The van der Waals surface area contributed by atoms with Crippen LogP contribution in [-0.4, -0.2) is 140 Å². The standard InChI is InChI=1S/C65H115NO13/c1-3-5-7-9-11-13-15-17-18-19-20-21-22-23-24-25-26-27-28-29-30-31-32-33-34-35-37-38-40-42-44-46-48-54(69)53(66-57(70)49-47-45-43-41-39-36-16-14-12-10-8-6-4-2)52-76-64-62(75)60(73)63(56(51-68)78-64)79-65-61(74)59(72)58(71)55(50-67)77-65/h6,8,12,14,36,38-40,43,45-46,48,53-56,58-65,67-69,71-75H,3-5,7,9-11,13,15-35,37,41-42,44,47,49-52H2,1-2H3,(H,66,70)/b8-6-,14-12-,39-36-,40-38+,45-43-,48-46+. The highest BCUT2D eigenvalue weighted by molar-refractivity contribution is 5.76. The number of hydrogen-bond acceptors (Lipinski definition) is 13. The number of nitrogens with one attached hydrogen (secondary N) is 1. The van der Waals surface area contributed by atoms with Crippen molar-refractivity contribution >= 4 is 5.91 Å². The first-order valence-corrected chi connectivity index (χ1v) is 31.7. The molecule has 2 fully saturated rings. The summed E-state index contributed by atoms with van der Waals surface area (Å²) in [7, 11) is 0. The molecule has 14 nitrogen and oxygen atoms in total. The second kappa shape index (κ2) is 50.0. The average Bonchev–Trinajstić information content (AvgIpc) is 3.45. The Morgan fingerprint density at radius 1 is 0.468 bits per heavy atom. The van der Waals surface area contributed by atoms with E-state index < -0.39 is 86.8 Å². The summed E-state index contributed by atoms with van der Waals surface area (Å²) in [5.41, 5.74) is 0. The van der Waals surface area contributed by atoms with Gasteiger partial charge in [-0.05, 0) is 57.8 Å². The molecule has 0 spiro atoms. The Kier molecular flexibility index (Phi) is 45.9. The van der Waals surface area contributed by atoms with E-state index in [-0.39, 0.29) is 18.9 Å². The van der Waals surface area contributed by atoms with Gasteiger partial charge in [-0.1, -0.05) is 247 Å². The minimum Gasteiger partial charge on any atom is -0.394 e. The summed E-state index contributed by atoms with van der Waals surface area (Å²) in [5, 5.41) is 86.9. The molecule has 0 saturated carbocycles. The van der Waals surface area contributed by atoms with Crippen molar-refractivity contribution in [1.29, 1.82) is 0 Å². The van der Waals surface area contributed by atoms with Crippen LogP contribution < -0.4 is 5.32 Å². The van der Waals surface area contributed by atoms with Gasteiger partial charge in [0.25, 0.3) is 0 Å². The van der Waals surface area contributed by atoms with E-state index in [1.807, 2.05) is 18.2 Å². The number of aliphatic hydroxyl groups excluding tert-OH is 8. The number of allylic oxidation sites excluding steroid dienone is 11. The maximum Gasteiger partial charge on any atom is 0.220 e. The van der Waals surface area contributed by atoms with Gasteiger partial charge < -0.3 is 65.1 Å². The number of carbonyl (C=O) groups excluding carboxylic acids is 1. The third kappa shape index (κ3) is 35.2. The molecule has 458 valence electrons. The van der Waals surface area contributed by atoms with Gasteiger partial charge >= 0.3 is 0 Å². The quantitative estimate of drug-likeness (QED) is 0.0204. The van der Waals surface area contributed by atoms with Crippen molar-refractivity contribution in [3.05, 3.63) is 72.9 Å². The molecule has 0 aromatic heterocycles. The molecule has 14 heteroatoms. The van der Waals surface area contributed by atoms with Crippen molar-refractivity contribution in [3.63, 3.8) is 0 Å². The van der Waals surface area contributed by atoms with Gasteiger partial charge in [-0.3, -0.25) is 4.79 Å². The fourth-order valence-corrected chi connectivity index (χ4v) is 10.1. The lowest BCUT2D eigenvalue weighted by Gasteiger charge is -2.46. The summed E-state index contributed by atoms with van der Waals surface area (Å²) in [6.07, 6.45) is 50.0. The van der Waals surface area contributed by atoms with Crippen molar-refractivity contribution in [2.24, 2.45) is 0 Å². The lowest BCUT2D eigenvalue weighted by Crippen LogP contribution is -2.65. The minimum atomic E-state index is -1.80. The predicted molar refractivity (Wildman–Crippen MR) is 318 cm³/mol. The molecule has 0 aromatic rings. The Morgan fingerprint density at radius 3 is 1.38 bits per heavy atom. The van der Waals surface area contributed by atoms with Gasteiger partial charge in [0, 0.05) is 6.42 Å². The molecule has 0 aromatic carbocycles. The number of ether oxygens (including phenoxy) is 4. The van der Waals surface area contributed by atoms with Crippen LogP contribution in [0.4, 0.5) is 0 Å². The molecule has 2 heterocycles. The second-order valence-electron chi connectivity index (χ2n) is 22.1. The normalized spacial score (nSPS) is 24.9. The molecule has 12 unspecified atom stereocenters. The third-order valence-corrected chi connectivity index (χ3v) is 15.1. The molecule has 12 atom stereocenters. The van der Waals surface area contributed by atoms with Gasteiger partial charge in [-0.2, -0.15) is 0 Å². The van der Waals surface area contributed by atoms with E-state index in [0.717, 1.165) is 38.5 Å². The van der Waals surface area contributed by atoms with E-state index in [1.165, 1.54) is 167 Å². The number of aliphatic hydroxyl groups is 8. The zero-order valence-electron chi connectivity index (χ0n) is 49.3. The van der Waals surface area contributed by atoms with Gasteiger partial charge in [0.15, 0.2) is 12.6 Å². The first-order chi connectivity index (χ1) is 38.6. The topological polar surface area (TPSA) is 228 Å². The first-order valence-electron chi connectivity index (χ1n) is 31.7. The molecule has 79 heavy (non-hydrogen) atoms. The number of unbranched alkanes of at least 4 members (excludes halogenated alkanes) is 27. The number of hydrogen-bond donors (Lipinski definition) is 9. The summed E-state index contributed by atoms with van der Waals surface area (Å²) >= 11 is 0. The fraction of sp³-hybridized carbons (Fsp3) is 0.800. The molecule has 2 aliphatic rings. The van der Waals surface area contributed by atoms with Crippen LogP contribution in [0.1, 0.15) is 239 Å². The highest BCUT2D eigenvalue weighted by Gasteiger charge is 2.51. The summed E-state index contributed by atoms with van der Waals surface area (Å²) in [6.45, 7) is 2.61. The second-order valence-corrected chi connectivity index (χ2v) is 22.1. The predicted octanol–water partition coefficient (Wildman–Crippen LogP) is 11.5. The molecule has 0 aliphatic carbocycles. The van der Waals surface area contributed by atoms with Crippen molar-refractivity contribution < 1.29 is 64.6 Å². The van der Waals surface area contributed by atoms with E-state index in [2.05, 4.69) is 67.8 Å². The Balaban J connectivity index is 1.69. The van der Waals surface area contributed by atoms with Crippen LogP contribution in [0.15, 0.2) is 72.9 Å². The van der Waals surface area contributed by atoms with E-state index in [0.29, 0.717) is 12.8 Å². The lowest BCUT2D eigenvalue weighted by molar-refractivity contribution is -0.359. The van der Waals surface area contributed by atoms with Crippen LogP contribution in [0.3, 0.4) is 0 Å². The molecular formula is C65H115NO13. The van der Waals surface area contributed by atoms with Crippen molar-refractivity contribution in [2.45, 2.75) is 312 Å². The highest BCUT2D eigenvalue weighted by Crippen LogP contribution is 2.30. The Morgan fingerprint density at radius 2 is 0.886 bits per heavy atom. The summed E-state index contributed by atoms with van der Waals surface area (Å²) in [4.78, 5) is 13.2. The van der Waals surface area contributed by atoms with Gasteiger partial charge in [-0.15, -0.1) is 0 Å². The van der Waals surface area contributed by atoms with Crippen molar-refractivity contribution in [1.82, 2.24) is 5.32 Å². The van der Waals surface area contributed by atoms with Crippen LogP contribution in [0.25, 0.3) is 0 Å². The van der Waals surface area contributed by atoms with Gasteiger partial charge in [0.2, 0.25) is 5.91 Å². The Labute approximate surface area is 478 Å². The summed E-state index contributed by atoms with van der Waals surface area (Å²) < 4.78 is 22.7. The third-order valence-electron chi connectivity index (χ3n) is 15.1. The first kappa shape index (κ1) is 72.5. The van der Waals surface area contributed by atoms with Crippen molar-refractivity contribution in [3.8, 4) is 0 Å². The molecule has 2 aliphatic heterocycles. The van der Waals surface area contributed by atoms with Crippen molar-refractivity contribution in [2.75, 3.05) is 19.8 Å². The molecular weight excluding hydrogens is 1000 g/mol. The molecule has 2 saturated heterocycles. The highest BCUT2D eigenvalue weighted by atomic mass is 16.7. The van der Waals surface area contributed by atoms with Gasteiger partial charge in [0.05, 0.1) is 32.0 Å². The summed E-state index contributed by atoms with van der Waals surface area (Å²) in [5.74, 6) is -0.330. The summed E-state index contributed by atoms with van der Waals surface area (Å²) in [6, 6.07) is -0.973. The van der Waals surface area contributed by atoms with E-state index >= 15 is 0 Å². The zero-order chi connectivity index (χ0) is 57.4. The zero-order valence-corrected chi connectivity index (χ0v) is 49.3. The largest absolute Gasteiger partial charge is 0.394 e. The average molecular weight is 1120 g/mol. The van der Waals surface area contributed by atoms with Crippen LogP contribution in [-0.2, 0) is 23.7 Å². The van der Waals surface area contributed by atoms with E-state index in [1.54, 1.807) is 6.08 Å². The van der Waals surface area contributed by atoms with Crippen LogP contribution >= 0.6 is 0 Å². The van der Waals surface area contributed by atoms with E-state index in [4.69, 9.17) is 18.9 Å². The monoisotopic (exact) mass is 1120 g/mol. The maximum atomic E-state index is 13.2. The molecule has 1 amide bonds. The molecule has 0 radical (unpaired) electrons. The van der Waals surface area contributed by atoms with Gasteiger partial charge in [-0.25, -0.2) is 0 Å². The van der Waals surface area contributed by atoms with Crippen LogP contribution in [0.5, 0.6) is 0 Å².